The minimum atomic E-state index is 0.111. The molecule has 0 saturated heterocycles. The van der Waals surface area contributed by atoms with E-state index in [4.69, 9.17) is 0 Å². The average molecular weight is 126 g/mol. The lowest BCUT2D eigenvalue weighted by molar-refractivity contribution is -0.122. The maximum atomic E-state index is 11.0. The van der Waals surface area contributed by atoms with Crippen LogP contribution in [0.15, 0.2) is 0 Å². The van der Waals surface area contributed by atoms with Crippen molar-refractivity contribution in [2.75, 3.05) is 0 Å². The molecule has 1 nitrogen and oxygen atoms in total. The highest BCUT2D eigenvalue weighted by atomic mass is 16.1. The maximum absolute atomic E-state index is 11.0. The molecule has 2 atom stereocenters. The van der Waals surface area contributed by atoms with E-state index >= 15 is 0 Å². The summed E-state index contributed by atoms with van der Waals surface area (Å²) in [5, 5.41) is 0. The molecule has 1 rings (SSSR count). The van der Waals surface area contributed by atoms with E-state index in [-0.39, 0.29) is 5.41 Å². The summed E-state index contributed by atoms with van der Waals surface area (Å²) >= 11 is 0. The van der Waals surface area contributed by atoms with E-state index < -0.39 is 0 Å². The molecule has 0 spiro atoms. The Morgan fingerprint density at radius 3 is 2.22 bits per heavy atom. The highest BCUT2D eigenvalue weighted by Crippen LogP contribution is 2.55. The molecule has 1 saturated carbocycles. The van der Waals surface area contributed by atoms with Crippen LogP contribution in [-0.2, 0) is 4.79 Å². The fourth-order valence-corrected chi connectivity index (χ4v) is 1.72. The third-order valence-corrected chi connectivity index (χ3v) is 2.79. The van der Waals surface area contributed by atoms with E-state index in [2.05, 4.69) is 13.8 Å². The van der Waals surface area contributed by atoms with Gasteiger partial charge in [0.2, 0.25) is 0 Å². The average Bonchev–Trinajstić information content (AvgIpc) is 2.43. The summed E-state index contributed by atoms with van der Waals surface area (Å²) in [7, 11) is 0. The van der Waals surface area contributed by atoms with Gasteiger partial charge in [-0.25, -0.2) is 0 Å². The van der Waals surface area contributed by atoms with Gasteiger partial charge in [0.1, 0.15) is 5.78 Å². The van der Waals surface area contributed by atoms with Gasteiger partial charge in [0.25, 0.3) is 0 Å². The second-order valence-corrected chi connectivity index (χ2v) is 3.17. The van der Waals surface area contributed by atoms with Crippen molar-refractivity contribution in [1.82, 2.24) is 0 Å². The smallest absolute Gasteiger partial charge is 0.136 e. The van der Waals surface area contributed by atoms with Crippen molar-refractivity contribution in [3.8, 4) is 0 Å². The fourth-order valence-electron chi connectivity index (χ4n) is 1.72. The second kappa shape index (κ2) is 1.83. The second-order valence-electron chi connectivity index (χ2n) is 3.17. The first kappa shape index (κ1) is 6.79. The first-order valence-corrected chi connectivity index (χ1v) is 3.64. The lowest BCUT2D eigenvalue weighted by Gasteiger charge is -2.06. The molecule has 9 heavy (non-hydrogen) atoms. The first-order chi connectivity index (χ1) is 4.13. The number of ketones is 1. The van der Waals surface area contributed by atoms with Crippen LogP contribution in [0.3, 0.4) is 0 Å². The Kier molecular flexibility index (Phi) is 1.38. The predicted octanol–water partition coefficient (Wildman–Crippen LogP) is 2.01. The van der Waals surface area contributed by atoms with Gasteiger partial charge in [-0.2, -0.15) is 0 Å². The summed E-state index contributed by atoms with van der Waals surface area (Å²) in [5.74, 6) is 1.04. The van der Waals surface area contributed by atoms with Gasteiger partial charge in [-0.1, -0.05) is 13.8 Å². The van der Waals surface area contributed by atoms with Gasteiger partial charge in [-0.05, 0) is 25.7 Å². The van der Waals surface area contributed by atoms with Crippen molar-refractivity contribution in [2.24, 2.45) is 11.3 Å². The predicted molar refractivity (Wildman–Crippen MR) is 37.2 cm³/mol. The molecule has 0 radical (unpaired) electrons. The van der Waals surface area contributed by atoms with Crippen LogP contribution in [-0.4, -0.2) is 5.78 Å². The highest BCUT2D eigenvalue weighted by molar-refractivity contribution is 5.85. The molecule has 1 heteroatoms. The van der Waals surface area contributed by atoms with Crippen LogP contribution in [0, 0.1) is 11.3 Å². The van der Waals surface area contributed by atoms with Crippen molar-refractivity contribution in [2.45, 2.75) is 33.6 Å². The minimum Gasteiger partial charge on any atom is -0.299 e. The maximum Gasteiger partial charge on any atom is 0.136 e. The standard InChI is InChI=1S/C8H14O/c1-4-8(7(3)9)5-6(8)2/h6H,4-5H2,1-3H3. The van der Waals surface area contributed by atoms with Gasteiger partial charge in [-0.15, -0.1) is 0 Å². The van der Waals surface area contributed by atoms with Crippen molar-refractivity contribution in [3.63, 3.8) is 0 Å². The number of Topliss-reactive ketones (excluding diaryl/α,β-unsaturated/α-hetero) is 1. The quantitative estimate of drug-likeness (QED) is 0.553. The van der Waals surface area contributed by atoms with Crippen LogP contribution in [0.2, 0.25) is 0 Å². The topological polar surface area (TPSA) is 17.1 Å². The Morgan fingerprint density at radius 2 is 2.22 bits per heavy atom. The Labute approximate surface area is 56.4 Å². The van der Waals surface area contributed by atoms with Crippen LogP contribution < -0.4 is 0 Å². The van der Waals surface area contributed by atoms with Crippen molar-refractivity contribution in [1.29, 1.82) is 0 Å². The van der Waals surface area contributed by atoms with Crippen LogP contribution >= 0.6 is 0 Å². The molecule has 0 heterocycles. The Hall–Kier alpha value is -0.330. The Bertz CT molecular complexity index is 136. The minimum absolute atomic E-state index is 0.111. The summed E-state index contributed by atoms with van der Waals surface area (Å²) in [6.45, 7) is 5.98. The van der Waals surface area contributed by atoms with E-state index in [0.717, 1.165) is 12.8 Å². The number of carbonyl (C=O) groups excluding carboxylic acids is 1. The zero-order valence-corrected chi connectivity index (χ0v) is 6.40. The van der Waals surface area contributed by atoms with Crippen LogP contribution in [0.4, 0.5) is 0 Å². The molecule has 1 fully saturated rings. The van der Waals surface area contributed by atoms with Crippen LogP contribution in [0.5, 0.6) is 0 Å². The van der Waals surface area contributed by atoms with E-state index in [1.54, 1.807) is 6.92 Å². The summed E-state index contributed by atoms with van der Waals surface area (Å²) < 4.78 is 0. The van der Waals surface area contributed by atoms with Crippen molar-refractivity contribution < 1.29 is 4.79 Å². The van der Waals surface area contributed by atoms with Gasteiger partial charge < -0.3 is 0 Å². The monoisotopic (exact) mass is 126 g/mol. The molecule has 0 N–H and O–H groups in total. The summed E-state index contributed by atoms with van der Waals surface area (Å²) in [6, 6.07) is 0. The van der Waals surface area contributed by atoms with E-state index in [1.807, 2.05) is 0 Å². The van der Waals surface area contributed by atoms with E-state index in [1.165, 1.54) is 0 Å². The summed E-state index contributed by atoms with van der Waals surface area (Å²) in [4.78, 5) is 11.0. The van der Waals surface area contributed by atoms with Gasteiger partial charge in [-0.3, -0.25) is 4.79 Å². The molecule has 1 aliphatic rings. The van der Waals surface area contributed by atoms with Gasteiger partial charge in [0, 0.05) is 5.41 Å². The summed E-state index contributed by atoms with van der Waals surface area (Å²) in [5.41, 5.74) is 0.111. The molecular weight excluding hydrogens is 112 g/mol. The number of hydrogen-bond acceptors (Lipinski definition) is 1. The molecule has 1 aliphatic carbocycles. The molecule has 0 aliphatic heterocycles. The normalized spacial score (nSPS) is 40.6. The third-order valence-electron chi connectivity index (χ3n) is 2.79. The Morgan fingerprint density at radius 1 is 1.78 bits per heavy atom. The zero-order chi connectivity index (χ0) is 7.07. The molecule has 0 aromatic rings. The van der Waals surface area contributed by atoms with E-state index in [9.17, 15) is 4.79 Å². The molecular formula is C8H14O. The fraction of sp³-hybridized carbons (Fsp3) is 0.875. The first-order valence-electron chi connectivity index (χ1n) is 3.64. The van der Waals surface area contributed by atoms with Crippen LogP contribution in [0.1, 0.15) is 33.6 Å². The molecule has 0 amide bonds. The summed E-state index contributed by atoms with van der Waals surface area (Å²) in [6.07, 6.45) is 2.16. The van der Waals surface area contributed by atoms with Crippen molar-refractivity contribution >= 4 is 5.78 Å². The van der Waals surface area contributed by atoms with Gasteiger partial charge >= 0.3 is 0 Å². The number of rotatable bonds is 2. The van der Waals surface area contributed by atoms with Crippen LogP contribution in [0.25, 0.3) is 0 Å². The SMILES string of the molecule is CCC1(C(C)=O)CC1C. The number of carbonyl (C=O) groups is 1. The molecule has 52 valence electrons. The highest BCUT2D eigenvalue weighted by Gasteiger charge is 2.53. The molecule has 0 aromatic carbocycles. The lowest BCUT2D eigenvalue weighted by atomic mass is 9.96. The molecule has 0 bridgehead atoms. The third kappa shape index (κ3) is 0.790. The van der Waals surface area contributed by atoms with Gasteiger partial charge in [0.05, 0.1) is 0 Å². The van der Waals surface area contributed by atoms with Gasteiger partial charge in [0.15, 0.2) is 0 Å². The lowest BCUT2D eigenvalue weighted by Crippen LogP contribution is -2.12. The number of hydrogen-bond donors (Lipinski definition) is 0. The van der Waals surface area contributed by atoms with E-state index in [0.29, 0.717) is 11.7 Å². The molecule has 2 unspecified atom stereocenters. The largest absolute Gasteiger partial charge is 0.299 e. The van der Waals surface area contributed by atoms with Crippen molar-refractivity contribution in [3.05, 3.63) is 0 Å². The molecule has 0 aromatic heterocycles. The Balaban J connectivity index is 2.62. The zero-order valence-electron chi connectivity index (χ0n) is 6.40.